The van der Waals surface area contributed by atoms with Gasteiger partial charge in [-0.3, -0.25) is 4.79 Å². The average Bonchev–Trinajstić information content (AvgIpc) is 2.96. The molecule has 1 amide bonds. The number of amides is 1. The Morgan fingerprint density at radius 3 is 3.18 bits per heavy atom. The first-order valence-corrected chi connectivity index (χ1v) is 7.05. The minimum Gasteiger partial charge on any atom is -0.338 e. The highest BCUT2D eigenvalue weighted by atomic mass is 32.1. The number of thiazole rings is 1. The number of aromatic nitrogens is 1. The van der Waals surface area contributed by atoms with Crippen LogP contribution in [0.4, 0.5) is 0 Å². The number of carbonyl (C=O) groups excluding carboxylic acids is 1. The predicted octanol–water partition coefficient (Wildman–Crippen LogP) is 1.20. The Kier molecular flexibility index (Phi) is 4.12. The molecule has 4 nitrogen and oxygen atoms in total. The Bertz CT molecular complexity index is 391. The molecule has 0 radical (unpaired) electrons. The summed E-state index contributed by atoms with van der Waals surface area (Å²) in [5, 5.41) is 3.09. The zero-order valence-corrected chi connectivity index (χ0v) is 11.0. The van der Waals surface area contributed by atoms with Crippen LogP contribution < -0.4 is 5.73 Å². The molecule has 17 heavy (non-hydrogen) atoms. The smallest absolute Gasteiger partial charge is 0.228 e. The maximum atomic E-state index is 12.1. The lowest BCUT2D eigenvalue weighted by atomic mass is 10.2. The molecule has 0 aliphatic carbocycles. The van der Waals surface area contributed by atoms with Crippen LogP contribution in [0.2, 0.25) is 0 Å². The lowest BCUT2D eigenvalue weighted by Gasteiger charge is -2.23. The van der Waals surface area contributed by atoms with Gasteiger partial charge in [0.25, 0.3) is 0 Å². The minimum atomic E-state index is 0.172. The SMILES string of the molecule is CCc1nc(CC(=O)N2CCCC2CN)cs1. The highest BCUT2D eigenvalue weighted by Crippen LogP contribution is 2.18. The van der Waals surface area contributed by atoms with Crippen molar-refractivity contribution in [3.05, 3.63) is 16.1 Å². The third kappa shape index (κ3) is 2.84. The summed E-state index contributed by atoms with van der Waals surface area (Å²) in [6.45, 7) is 3.50. The van der Waals surface area contributed by atoms with Gasteiger partial charge in [0.05, 0.1) is 17.1 Å². The van der Waals surface area contributed by atoms with Crippen LogP contribution in [0.5, 0.6) is 0 Å². The van der Waals surface area contributed by atoms with Gasteiger partial charge in [-0.25, -0.2) is 4.98 Å². The van der Waals surface area contributed by atoms with E-state index < -0.39 is 0 Å². The van der Waals surface area contributed by atoms with Crippen LogP contribution >= 0.6 is 11.3 Å². The summed E-state index contributed by atoms with van der Waals surface area (Å²) in [6.07, 6.45) is 3.48. The van der Waals surface area contributed by atoms with Crippen molar-refractivity contribution in [3.8, 4) is 0 Å². The molecule has 1 fully saturated rings. The van der Waals surface area contributed by atoms with Crippen molar-refractivity contribution in [2.24, 2.45) is 5.73 Å². The largest absolute Gasteiger partial charge is 0.338 e. The van der Waals surface area contributed by atoms with Crippen molar-refractivity contribution in [2.45, 2.75) is 38.6 Å². The monoisotopic (exact) mass is 253 g/mol. The van der Waals surface area contributed by atoms with Crippen molar-refractivity contribution in [1.82, 2.24) is 9.88 Å². The summed E-state index contributed by atoms with van der Waals surface area (Å²) in [5.41, 5.74) is 6.58. The Hall–Kier alpha value is -0.940. The number of aryl methyl sites for hydroxylation is 1. The molecule has 2 N–H and O–H groups in total. The highest BCUT2D eigenvalue weighted by Gasteiger charge is 2.27. The fourth-order valence-corrected chi connectivity index (χ4v) is 3.00. The highest BCUT2D eigenvalue weighted by molar-refractivity contribution is 7.09. The van der Waals surface area contributed by atoms with Gasteiger partial charge in [0, 0.05) is 24.5 Å². The van der Waals surface area contributed by atoms with E-state index in [-0.39, 0.29) is 11.9 Å². The van der Waals surface area contributed by atoms with Crippen LogP contribution in [0, 0.1) is 0 Å². The fraction of sp³-hybridized carbons (Fsp3) is 0.667. The first-order chi connectivity index (χ1) is 8.24. The molecule has 1 aromatic heterocycles. The van der Waals surface area contributed by atoms with Gasteiger partial charge in [-0.1, -0.05) is 6.92 Å². The van der Waals surface area contributed by atoms with Crippen LogP contribution in [-0.2, 0) is 17.6 Å². The Morgan fingerprint density at radius 1 is 1.71 bits per heavy atom. The Labute approximate surface area is 106 Å². The van der Waals surface area contributed by atoms with Gasteiger partial charge in [0.15, 0.2) is 0 Å². The number of rotatable bonds is 4. The molecule has 94 valence electrons. The van der Waals surface area contributed by atoms with Crippen LogP contribution in [0.15, 0.2) is 5.38 Å². The topological polar surface area (TPSA) is 59.2 Å². The van der Waals surface area contributed by atoms with E-state index in [0.29, 0.717) is 13.0 Å². The van der Waals surface area contributed by atoms with Crippen LogP contribution in [-0.4, -0.2) is 34.9 Å². The normalized spacial score (nSPS) is 19.9. The molecule has 1 aromatic rings. The minimum absolute atomic E-state index is 0.172. The van der Waals surface area contributed by atoms with Gasteiger partial charge in [-0.15, -0.1) is 11.3 Å². The summed E-state index contributed by atoms with van der Waals surface area (Å²) in [7, 11) is 0. The van der Waals surface area contributed by atoms with Crippen molar-refractivity contribution >= 4 is 17.2 Å². The van der Waals surface area contributed by atoms with Crippen molar-refractivity contribution in [2.75, 3.05) is 13.1 Å². The average molecular weight is 253 g/mol. The third-order valence-electron chi connectivity index (χ3n) is 3.20. The zero-order valence-electron chi connectivity index (χ0n) is 10.2. The van der Waals surface area contributed by atoms with E-state index in [0.717, 1.165) is 36.5 Å². The molecule has 1 unspecified atom stereocenters. The van der Waals surface area contributed by atoms with Crippen LogP contribution in [0.3, 0.4) is 0 Å². The fourth-order valence-electron chi connectivity index (χ4n) is 2.26. The second-order valence-electron chi connectivity index (χ2n) is 4.38. The number of hydrogen-bond donors (Lipinski definition) is 1. The third-order valence-corrected chi connectivity index (χ3v) is 4.25. The van der Waals surface area contributed by atoms with Crippen LogP contribution in [0.1, 0.15) is 30.5 Å². The second-order valence-corrected chi connectivity index (χ2v) is 5.32. The summed E-state index contributed by atoms with van der Waals surface area (Å²) >= 11 is 1.63. The molecular weight excluding hydrogens is 234 g/mol. The number of nitrogens with zero attached hydrogens (tertiary/aromatic N) is 2. The van der Waals surface area contributed by atoms with E-state index in [2.05, 4.69) is 11.9 Å². The van der Waals surface area contributed by atoms with E-state index in [1.807, 2.05) is 10.3 Å². The lowest BCUT2D eigenvalue weighted by molar-refractivity contribution is -0.131. The molecule has 1 atom stereocenters. The number of carbonyl (C=O) groups is 1. The Balaban J connectivity index is 1.96. The molecule has 0 bridgehead atoms. The second kappa shape index (κ2) is 5.60. The van der Waals surface area contributed by atoms with Crippen molar-refractivity contribution in [1.29, 1.82) is 0 Å². The molecule has 0 aromatic carbocycles. The molecule has 5 heteroatoms. The van der Waals surface area contributed by atoms with Gasteiger partial charge in [0.2, 0.25) is 5.91 Å². The van der Waals surface area contributed by atoms with E-state index in [9.17, 15) is 4.79 Å². The summed E-state index contributed by atoms with van der Waals surface area (Å²) < 4.78 is 0. The molecule has 1 saturated heterocycles. The van der Waals surface area contributed by atoms with Crippen molar-refractivity contribution < 1.29 is 4.79 Å². The quantitative estimate of drug-likeness (QED) is 0.877. The maximum absolute atomic E-state index is 12.1. The van der Waals surface area contributed by atoms with Gasteiger partial charge in [-0.05, 0) is 19.3 Å². The van der Waals surface area contributed by atoms with Gasteiger partial charge < -0.3 is 10.6 Å². The molecule has 1 aliphatic rings. The molecule has 0 spiro atoms. The van der Waals surface area contributed by atoms with E-state index in [1.165, 1.54) is 0 Å². The lowest BCUT2D eigenvalue weighted by Crippen LogP contribution is -2.40. The number of hydrogen-bond acceptors (Lipinski definition) is 4. The molecule has 2 rings (SSSR count). The molecule has 2 heterocycles. The van der Waals surface area contributed by atoms with E-state index in [1.54, 1.807) is 11.3 Å². The van der Waals surface area contributed by atoms with Gasteiger partial charge >= 0.3 is 0 Å². The number of likely N-dealkylation sites (tertiary alicyclic amines) is 1. The summed E-state index contributed by atoms with van der Waals surface area (Å²) in [5.74, 6) is 0.172. The van der Waals surface area contributed by atoms with E-state index in [4.69, 9.17) is 5.73 Å². The Morgan fingerprint density at radius 2 is 2.53 bits per heavy atom. The number of nitrogens with two attached hydrogens (primary N) is 1. The van der Waals surface area contributed by atoms with E-state index >= 15 is 0 Å². The first kappa shape index (κ1) is 12.5. The van der Waals surface area contributed by atoms with Gasteiger partial charge in [0.1, 0.15) is 0 Å². The first-order valence-electron chi connectivity index (χ1n) is 6.17. The van der Waals surface area contributed by atoms with Crippen molar-refractivity contribution in [3.63, 3.8) is 0 Å². The molecule has 0 saturated carbocycles. The molecular formula is C12H19N3OS. The zero-order chi connectivity index (χ0) is 12.3. The standard InChI is InChI=1S/C12H19N3OS/c1-2-11-14-9(8-17-11)6-12(16)15-5-3-4-10(15)7-13/h8,10H,2-7,13H2,1H3. The summed E-state index contributed by atoms with van der Waals surface area (Å²) in [6, 6.07) is 0.242. The van der Waals surface area contributed by atoms with Crippen LogP contribution in [0.25, 0.3) is 0 Å². The van der Waals surface area contributed by atoms with Gasteiger partial charge in [-0.2, -0.15) is 0 Å². The summed E-state index contributed by atoms with van der Waals surface area (Å²) in [4.78, 5) is 18.5. The predicted molar refractivity (Wildman–Crippen MR) is 69.0 cm³/mol. The maximum Gasteiger partial charge on any atom is 0.228 e. The molecule has 1 aliphatic heterocycles.